The first-order chi connectivity index (χ1) is 14.3. The average Bonchev–Trinajstić information content (AvgIpc) is 2.94. The van der Waals surface area contributed by atoms with E-state index in [-0.39, 0.29) is 24.0 Å². The smallest absolute Gasteiger partial charge is 0.326 e. The number of hydrogen-bond donors (Lipinski definition) is 1. The van der Waals surface area contributed by atoms with Crippen molar-refractivity contribution in [2.75, 3.05) is 6.54 Å². The van der Waals surface area contributed by atoms with Gasteiger partial charge in [0.2, 0.25) is 0 Å². The van der Waals surface area contributed by atoms with Gasteiger partial charge in [0.05, 0.1) is 5.69 Å². The molecule has 1 N–H and O–H groups in total. The summed E-state index contributed by atoms with van der Waals surface area (Å²) in [6.07, 6.45) is 4.99. The Kier molecular flexibility index (Phi) is 5.05. The number of nitrogens with one attached hydrogen (secondary N) is 1. The van der Waals surface area contributed by atoms with Crippen LogP contribution in [0.4, 0.5) is 4.79 Å². The molecule has 1 spiro atoms. The number of esters is 1. The number of imide groups is 1. The van der Waals surface area contributed by atoms with Crippen molar-refractivity contribution in [2.24, 2.45) is 5.92 Å². The van der Waals surface area contributed by atoms with Crippen LogP contribution in [-0.2, 0) is 20.9 Å². The highest BCUT2D eigenvalue weighted by Crippen LogP contribution is 2.38. The summed E-state index contributed by atoms with van der Waals surface area (Å²) in [5.74, 6) is -1.08. The van der Waals surface area contributed by atoms with E-state index >= 15 is 0 Å². The van der Waals surface area contributed by atoms with E-state index in [2.05, 4.69) is 10.3 Å². The first-order valence-corrected chi connectivity index (χ1v) is 10.1. The molecule has 1 aliphatic heterocycles. The summed E-state index contributed by atoms with van der Waals surface area (Å²) in [6.45, 7) is 3.13. The van der Waals surface area contributed by atoms with Crippen molar-refractivity contribution >= 4 is 23.6 Å². The summed E-state index contributed by atoms with van der Waals surface area (Å²) in [5.41, 5.74) is 0.469. The fraction of sp³-hybridized carbons (Fsp3) is 0.476. The van der Waals surface area contributed by atoms with Gasteiger partial charge in [0.25, 0.3) is 11.5 Å². The normalized spacial score (nSPS) is 23.8. The van der Waals surface area contributed by atoms with Gasteiger partial charge in [-0.15, -0.1) is 0 Å². The molecule has 2 aromatic rings. The van der Waals surface area contributed by atoms with Crippen LogP contribution < -0.4 is 10.9 Å². The van der Waals surface area contributed by atoms with Crippen LogP contribution in [0.3, 0.4) is 0 Å². The molecule has 3 amide bonds. The lowest BCUT2D eigenvalue weighted by atomic mass is 9.73. The van der Waals surface area contributed by atoms with E-state index in [4.69, 9.17) is 4.74 Å². The summed E-state index contributed by atoms with van der Waals surface area (Å²) < 4.78 is 6.61. The van der Waals surface area contributed by atoms with Crippen molar-refractivity contribution < 1.29 is 19.1 Å². The molecule has 4 rings (SSSR count). The van der Waals surface area contributed by atoms with E-state index in [9.17, 15) is 19.2 Å². The highest BCUT2D eigenvalue weighted by Gasteiger charge is 2.55. The number of aromatic nitrogens is 2. The van der Waals surface area contributed by atoms with E-state index in [1.165, 1.54) is 10.5 Å². The Bertz CT molecular complexity index is 1090. The van der Waals surface area contributed by atoms with Crippen LogP contribution in [0.25, 0.3) is 5.65 Å². The van der Waals surface area contributed by atoms with Crippen LogP contribution in [0.1, 0.15) is 43.9 Å². The van der Waals surface area contributed by atoms with Crippen LogP contribution in [0.15, 0.2) is 29.2 Å². The number of urea groups is 1. The number of pyridine rings is 1. The summed E-state index contributed by atoms with van der Waals surface area (Å²) >= 11 is 0. The van der Waals surface area contributed by atoms with Crippen molar-refractivity contribution in [1.82, 2.24) is 19.6 Å². The average molecular weight is 412 g/mol. The fourth-order valence-corrected chi connectivity index (χ4v) is 4.30. The number of fused-ring (bicyclic) bond motifs is 1. The van der Waals surface area contributed by atoms with Crippen LogP contribution in [-0.4, -0.2) is 44.3 Å². The van der Waals surface area contributed by atoms with Gasteiger partial charge in [0, 0.05) is 12.3 Å². The molecule has 3 heterocycles. The molecule has 0 unspecified atom stereocenters. The minimum atomic E-state index is -0.914. The van der Waals surface area contributed by atoms with Crippen molar-refractivity contribution in [2.45, 2.75) is 51.7 Å². The Morgan fingerprint density at radius 3 is 2.87 bits per heavy atom. The maximum absolute atomic E-state index is 12.9. The zero-order valence-corrected chi connectivity index (χ0v) is 17.0. The van der Waals surface area contributed by atoms with Crippen LogP contribution in [0.5, 0.6) is 0 Å². The lowest BCUT2D eigenvalue weighted by Gasteiger charge is -2.36. The quantitative estimate of drug-likeness (QED) is 0.603. The number of nitrogens with zero attached hydrogens (tertiary/aromatic N) is 3. The Balaban J connectivity index is 1.42. The van der Waals surface area contributed by atoms with Gasteiger partial charge in [-0.3, -0.25) is 23.7 Å². The van der Waals surface area contributed by atoms with Crippen molar-refractivity contribution in [3.63, 3.8) is 0 Å². The minimum Gasteiger partial charge on any atom is -0.458 e. The first-order valence-electron chi connectivity index (χ1n) is 10.1. The molecule has 1 saturated heterocycles. The molecule has 2 fully saturated rings. The molecule has 9 nitrogen and oxygen atoms in total. The molecule has 2 aromatic heterocycles. The van der Waals surface area contributed by atoms with E-state index in [1.54, 1.807) is 12.3 Å². The molecule has 2 aliphatic rings. The van der Waals surface area contributed by atoms with Crippen molar-refractivity contribution in [3.8, 4) is 0 Å². The second-order valence-electron chi connectivity index (χ2n) is 8.12. The van der Waals surface area contributed by atoms with E-state index in [1.807, 2.05) is 19.9 Å². The van der Waals surface area contributed by atoms with Gasteiger partial charge < -0.3 is 10.1 Å². The second-order valence-corrected chi connectivity index (χ2v) is 8.12. The number of hydrogen-bond acceptors (Lipinski definition) is 6. The van der Waals surface area contributed by atoms with Crippen LogP contribution in [0.2, 0.25) is 0 Å². The standard InChI is InChI=1S/C21H24N4O5/c1-13-6-7-16-22-15(9-17(26)24(16)10-13)12-30-18(27)11-25-19(28)21(23-20(25)29)8-4-3-5-14(21)2/h6-7,9-10,14H,3-5,8,11-12H2,1-2H3,(H,23,29)/t14-,21-/m0/s1. The number of carbonyl (C=O) groups excluding carboxylic acids is 3. The van der Waals surface area contributed by atoms with Gasteiger partial charge in [-0.05, 0) is 37.3 Å². The summed E-state index contributed by atoms with van der Waals surface area (Å²) in [5, 5.41) is 2.80. The van der Waals surface area contributed by atoms with Gasteiger partial charge in [0.1, 0.15) is 24.3 Å². The predicted molar refractivity (Wildman–Crippen MR) is 107 cm³/mol. The first kappa shape index (κ1) is 20.1. The fourth-order valence-electron chi connectivity index (χ4n) is 4.30. The maximum atomic E-state index is 12.9. The van der Waals surface area contributed by atoms with Crippen LogP contribution in [0, 0.1) is 12.8 Å². The Labute approximate surface area is 173 Å². The molecule has 30 heavy (non-hydrogen) atoms. The third kappa shape index (κ3) is 3.44. The molecule has 1 aliphatic carbocycles. The lowest BCUT2D eigenvalue weighted by Crippen LogP contribution is -2.54. The summed E-state index contributed by atoms with van der Waals surface area (Å²) in [7, 11) is 0. The Morgan fingerprint density at radius 1 is 1.30 bits per heavy atom. The van der Waals surface area contributed by atoms with Crippen molar-refractivity contribution in [1.29, 1.82) is 0 Å². The highest BCUT2D eigenvalue weighted by molar-refractivity contribution is 6.08. The molecule has 2 atom stereocenters. The topological polar surface area (TPSA) is 110 Å². The monoisotopic (exact) mass is 412 g/mol. The molecule has 0 bridgehead atoms. The van der Waals surface area contributed by atoms with Gasteiger partial charge in [-0.25, -0.2) is 9.78 Å². The Hall–Kier alpha value is -3.23. The van der Waals surface area contributed by atoms with Crippen molar-refractivity contribution in [3.05, 3.63) is 46.0 Å². The largest absolute Gasteiger partial charge is 0.458 e. The number of carbonyl (C=O) groups is 3. The number of aryl methyl sites for hydroxylation is 1. The zero-order valence-electron chi connectivity index (χ0n) is 17.0. The molecular formula is C21H24N4O5. The molecular weight excluding hydrogens is 388 g/mol. The van der Waals surface area contributed by atoms with E-state index in [0.29, 0.717) is 17.8 Å². The lowest BCUT2D eigenvalue weighted by molar-refractivity contribution is -0.149. The third-order valence-corrected chi connectivity index (χ3v) is 6.03. The van der Waals surface area contributed by atoms with Gasteiger partial charge >= 0.3 is 12.0 Å². The molecule has 158 valence electrons. The summed E-state index contributed by atoms with van der Waals surface area (Å²) in [6, 6.07) is 4.27. The number of amides is 3. The molecule has 1 saturated carbocycles. The third-order valence-electron chi connectivity index (χ3n) is 6.03. The second kappa shape index (κ2) is 7.55. The highest BCUT2D eigenvalue weighted by atomic mass is 16.5. The van der Waals surface area contributed by atoms with Crippen LogP contribution >= 0.6 is 0 Å². The van der Waals surface area contributed by atoms with Gasteiger partial charge in [-0.1, -0.05) is 25.8 Å². The summed E-state index contributed by atoms with van der Waals surface area (Å²) in [4.78, 5) is 55.1. The Morgan fingerprint density at radius 2 is 2.10 bits per heavy atom. The SMILES string of the molecule is Cc1ccc2nc(COC(=O)CN3C(=O)N[C@]4(CCCC[C@@H]4C)C3=O)cc(=O)n2c1. The minimum absolute atomic E-state index is 0.0159. The predicted octanol–water partition coefficient (Wildman–Crippen LogP) is 1.55. The molecule has 9 heteroatoms. The number of ether oxygens (including phenoxy) is 1. The van der Waals surface area contributed by atoms with E-state index < -0.39 is 24.1 Å². The zero-order chi connectivity index (χ0) is 21.5. The molecule has 0 aromatic carbocycles. The van der Waals surface area contributed by atoms with Gasteiger partial charge in [0.15, 0.2) is 0 Å². The maximum Gasteiger partial charge on any atom is 0.326 e. The number of rotatable bonds is 4. The van der Waals surface area contributed by atoms with E-state index in [0.717, 1.165) is 29.7 Å². The molecule has 0 radical (unpaired) electrons. The van der Waals surface area contributed by atoms with Gasteiger partial charge in [-0.2, -0.15) is 0 Å².